The molecular weight excluding hydrogens is 292 g/mol. The lowest BCUT2D eigenvalue weighted by atomic mass is 9.99. The summed E-state index contributed by atoms with van der Waals surface area (Å²) in [5, 5.41) is 5.03. The van der Waals surface area contributed by atoms with Crippen molar-refractivity contribution in [1.82, 2.24) is 19.7 Å². The number of nitrogens with one attached hydrogen (secondary N) is 1. The summed E-state index contributed by atoms with van der Waals surface area (Å²) < 4.78 is 7.55. The minimum absolute atomic E-state index is 0.0812. The lowest BCUT2D eigenvalue weighted by Gasteiger charge is -2.27. The highest BCUT2D eigenvalue weighted by Gasteiger charge is 2.24. The van der Waals surface area contributed by atoms with Gasteiger partial charge in [0.25, 0.3) is 5.56 Å². The van der Waals surface area contributed by atoms with Gasteiger partial charge in [-0.1, -0.05) is 26.7 Å². The maximum Gasteiger partial charge on any atom is 0.262 e. The first-order valence-corrected chi connectivity index (χ1v) is 8.70. The first-order valence-electron chi connectivity index (χ1n) is 8.70. The topological polar surface area (TPSA) is 72.8 Å². The average Bonchev–Trinajstić information content (AvgIpc) is 2.97. The number of nitrogens with zero attached hydrogens (tertiary/aromatic N) is 3. The van der Waals surface area contributed by atoms with Gasteiger partial charge in [0, 0.05) is 13.0 Å². The van der Waals surface area contributed by atoms with Gasteiger partial charge in [0.05, 0.1) is 18.3 Å². The van der Waals surface area contributed by atoms with Crippen molar-refractivity contribution >= 4 is 11.0 Å². The van der Waals surface area contributed by atoms with Crippen molar-refractivity contribution in [3.05, 3.63) is 22.4 Å². The first-order chi connectivity index (χ1) is 11.1. The summed E-state index contributed by atoms with van der Waals surface area (Å²) in [5.41, 5.74) is 0.635. The Kier molecular flexibility index (Phi) is 4.80. The third kappa shape index (κ3) is 3.32. The molecule has 6 heteroatoms. The summed E-state index contributed by atoms with van der Waals surface area (Å²) in [6.45, 7) is 7.17. The van der Waals surface area contributed by atoms with E-state index < -0.39 is 0 Å². The molecule has 6 nitrogen and oxygen atoms in total. The molecule has 0 aliphatic carbocycles. The van der Waals surface area contributed by atoms with Gasteiger partial charge in [-0.05, 0) is 25.7 Å². The third-order valence-corrected chi connectivity index (χ3v) is 4.95. The van der Waals surface area contributed by atoms with Crippen molar-refractivity contribution in [2.45, 2.75) is 65.0 Å². The van der Waals surface area contributed by atoms with E-state index in [0.717, 1.165) is 44.5 Å². The highest BCUT2D eigenvalue weighted by Crippen LogP contribution is 2.26. The van der Waals surface area contributed by atoms with Crippen LogP contribution in [0.5, 0.6) is 0 Å². The predicted octanol–water partition coefficient (Wildman–Crippen LogP) is 2.84. The molecule has 0 spiro atoms. The van der Waals surface area contributed by atoms with E-state index in [1.54, 1.807) is 6.20 Å². The van der Waals surface area contributed by atoms with E-state index in [1.807, 2.05) is 4.68 Å². The molecule has 1 aliphatic rings. The van der Waals surface area contributed by atoms with E-state index in [-0.39, 0.29) is 17.7 Å². The van der Waals surface area contributed by atoms with Crippen molar-refractivity contribution in [2.24, 2.45) is 5.92 Å². The fraction of sp³-hybridized carbons (Fsp3) is 0.706. The molecule has 1 N–H and O–H groups in total. The summed E-state index contributed by atoms with van der Waals surface area (Å²) in [6.07, 6.45) is 6.68. The van der Waals surface area contributed by atoms with Crippen LogP contribution < -0.4 is 5.56 Å². The van der Waals surface area contributed by atoms with Crippen LogP contribution >= 0.6 is 0 Å². The second-order valence-corrected chi connectivity index (χ2v) is 6.59. The summed E-state index contributed by atoms with van der Waals surface area (Å²) in [7, 11) is 0. The Morgan fingerprint density at radius 1 is 1.43 bits per heavy atom. The minimum atomic E-state index is -0.0812. The zero-order valence-corrected chi connectivity index (χ0v) is 14.2. The minimum Gasteiger partial charge on any atom is -0.378 e. The van der Waals surface area contributed by atoms with Crippen LogP contribution in [-0.4, -0.2) is 32.5 Å². The van der Waals surface area contributed by atoms with Gasteiger partial charge in [0.2, 0.25) is 0 Å². The summed E-state index contributed by atoms with van der Waals surface area (Å²) >= 11 is 0. The number of rotatable bonds is 5. The van der Waals surface area contributed by atoms with Gasteiger partial charge in [-0.2, -0.15) is 5.10 Å². The summed E-state index contributed by atoms with van der Waals surface area (Å²) in [5.74, 6) is 1.33. The third-order valence-electron chi connectivity index (χ3n) is 4.95. The molecule has 1 fully saturated rings. The van der Waals surface area contributed by atoms with E-state index in [4.69, 9.17) is 9.72 Å². The Morgan fingerprint density at radius 3 is 2.91 bits per heavy atom. The van der Waals surface area contributed by atoms with Gasteiger partial charge in [-0.3, -0.25) is 4.79 Å². The van der Waals surface area contributed by atoms with E-state index in [9.17, 15) is 4.79 Å². The predicted molar refractivity (Wildman–Crippen MR) is 89.6 cm³/mol. The van der Waals surface area contributed by atoms with Crippen LogP contribution in [0.4, 0.5) is 0 Å². The zero-order valence-electron chi connectivity index (χ0n) is 14.2. The first kappa shape index (κ1) is 16.2. The zero-order chi connectivity index (χ0) is 16.4. The Hall–Kier alpha value is -1.69. The maximum absolute atomic E-state index is 12.3. The molecule has 1 aliphatic heterocycles. The Balaban J connectivity index is 1.97. The summed E-state index contributed by atoms with van der Waals surface area (Å²) in [4.78, 5) is 20.0. The largest absolute Gasteiger partial charge is 0.378 e. The van der Waals surface area contributed by atoms with Gasteiger partial charge in [0.1, 0.15) is 11.2 Å². The van der Waals surface area contributed by atoms with Crippen LogP contribution in [0.25, 0.3) is 11.0 Å². The van der Waals surface area contributed by atoms with Gasteiger partial charge < -0.3 is 9.72 Å². The highest BCUT2D eigenvalue weighted by molar-refractivity contribution is 5.73. The number of hydrogen-bond acceptors (Lipinski definition) is 4. The Morgan fingerprint density at radius 2 is 2.22 bits per heavy atom. The smallest absolute Gasteiger partial charge is 0.262 e. The summed E-state index contributed by atoms with van der Waals surface area (Å²) in [6, 6.07) is 0.256. The van der Waals surface area contributed by atoms with Gasteiger partial charge in [-0.25, -0.2) is 9.67 Å². The number of fused-ring (bicyclic) bond motifs is 1. The van der Waals surface area contributed by atoms with Crippen LogP contribution in [0.2, 0.25) is 0 Å². The molecule has 2 aromatic rings. The molecule has 0 aromatic carbocycles. The molecule has 126 valence electrons. The molecule has 3 heterocycles. The lowest BCUT2D eigenvalue weighted by molar-refractivity contribution is 0.00431. The number of aromatic amines is 1. The molecule has 23 heavy (non-hydrogen) atoms. The van der Waals surface area contributed by atoms with Crippen molar-refractivity contribution in [3.63, 3.8) is 0 Å². The maximum atomic E-state index is 12.3. The lowest BCUT2D eigenvalue weighted by Crippen LogP contribution is -2.26. The average molecular weight is 318 g/mol. The monoisotopic (exact) mass is 318 g/mol. The van der Waals surface area contributed by atoms with Crippen LogP contribution in [0.15, 0.2) is 11.0 Å². The number of ether oxygens (including phenoxy) is 1. The van der Waals surface area contributed by atoms with Gasteiger partial charge in [-0.15, -0.1) is 0 Å². The molecule has 0 saturated carbocycles. The number of H-pyrrole nitrogens is 1. The molecule has 1 unspecified atom stereocenters. The van der Waals surface area contributed by atoms with Gasteiger partial charge >= 0.3 is 0 Å². The van der Waals surface area contributed by atoms with Crippen LogP contribution in [0, 0.1) is 5.92 Å². The van der Waals surface area contributed by atoms with Crippen molar-refractivity contribution in [3.8, 4) is 0 Å². The molecular formula is C17H26N4O2. The van der Waals surface area contributed by atoms with Crippen LogP contribution in [-0.2, 0) is 11.2 Å². The second kappa shape index (κ2) is 6.83. The molecule has 0 amide bonds. The van der Waals surface area contributed by atoms with Crippen molar-refractivity contribution < 1.29 is 4.74 Å². The van der Waals surface area contributed by atoms with E-state index in [2.05, 4.69) is 30.9 Å². The van der Waals surface area contributed by atoms with Crippen LogP contribution in [0.1, 0.15) is 58.3 Å². The fourth-order valence-electron chi connectivity index (χ4n) is 3.39. The number of hydrogen-bond donors (Lipinski definition) is 1. The van der Waals surface area contributed by atoms with Crippen LogP contribution in [0.3, 0.4) is 0 Å². The molecule has 3 rings (SSSR count). The molecule has 2 aromatic heterocycles. The normalized spacial score (nSPS) is 22.1. The number of aromatic nitrogens is 4. The molecule has 0 bridgehead atoms. The molecule has 0 radical (unpaired) electrons. The van der Waals surface area contributed by atoms with Crippen molar-refractivity contribution in [2.75, 3.05) is 6.61 Å². The molecule has 2 atom stereocenters. The molecule has 1 saturated heterocycles. The Bertz CT molecular complexity index is 717. The fourth-order valence-corrected chi connectivity index (χ4v) is 3.39. The second-order valence-electron chi connectivity index (χ2n) is 6.59. The van der Waals surface area contributed by atoms with Crippen molar-refractivity contribution in [1.29, 1.82) is 0 Å². The SMILES string of the molecule is CCC(CC)Cc1nc2c(cnn2C2CCO[C@H](C)C2)c(=O)[nH]1. The quantitative estimate of drug-likeness (QED) is 0.920. The van der Waals surface area contributed by atoms with E-state index in [0.29, 0.717) is 17.0 Å². The Labute approximate surface area is 136 Å². The van der Waals surface area contributed by atoms with E-state index in [1.165, 1.54) is 0 Å². The highest BCUT2D eigenvalue weighted by atomic mass is 16.5. The van der Waals surface area contributed by atoms with E-state index >= 15 is 0 Å². The van der Waals surface area contributed by atoms with Gasteiger partial charge in [0.15, 0.2) is 5.65 Å². The standard InChI is InChI=1S/C17H26N4O2/c1-4-12(5-2)9-15-19-16-14(17(22)20-15)10-18-21(16)13-6-7-23-11(3)8-13/h10-13H,4-9H2,1-3H3,(H,19,20,22)/t11-,13?/m1/s1.